The molecule has 1 aliphatic carbocycles. The van der Waals surface area contributed by atoms with Gasteiger partial charge >= 0.3 is 0 Å². The van der Waals surface area contributed by atoms with Crippen molar-refractivity contribution in [2.75, 3.05) is 6.54 Å². The summed E-state index contributed by atoms with van der Waals surface area (Å²) in [6, 6.07) is 0. The molecule has 1 aliphatic rings. The standard InChI is InChI=1S/C8H17NO4/c1-4-2-8(13,3-9)7(12)6(11)5(4)10/h4-7,10-13H,2-3,9H2,1H3. The first-order valence-electron chi connectivity index (χ1n) is 4.39. The van der Waals surface area contributed by atoms with E-state index in [4.69, 9.17) is 5.73 Å². The number of aliphatic hydroxyl groups excluding tert-OH is 3. The maximum Gasteiger partial charge on any atom is 0.112 e. The molecule has 1 fully saturated rings. The van der Waals surface area contributed by atoms with Crippen LogP contribution in [-0.4, -0.2) is 50.9 Å². The van der Waals surface area contributed by atoms with Crippen LogP contribution in [0.4, 0.5) is 0 Å². The number of nitrogens with two attached hydrogens (primary N) is 1. The lowest BCUT2D eigenvalue weighted by molar-refractivity contribution is -0.197. The van der Waals surface area contributed by atoms with Gasteiger partial charge in [0.1, 0.15) is 17.8 Å². The Labute approximate surface area is 76.8 Å². The van der Waals surface area contributed by atoms with Gasteiger partial charge in [-0.25, -0.2) is 0 Å². The van der Waals surface area contributed by atoms with E-state index in [-0.39, 0.29) is 18.9 Å². The van der Waals surface area contributed by atoms with Crippen LogP contribution in [0.15, 0.2) is 0 Å². The Kier molecular flexibility index (Phi) is 2.94. The fraction of sp³-hybridized carbons (Fsp3) is 1.00. The van der Waals surface area contributed by atoms with E-state index < -0.39 is 23.9 Å². The van der Waals surface area contributed by atoms with Crippen LogP contribution in [0.25, 0.3) is 0 Å². The summed E-state index contributed by atoms with van der Waals surface area (Å²) in [5, 5.41) is 38.0. The third-order valence-electron chi connectivity index (χ3n) is 2.84. The topological polar surface area (TPSA) is 107 Å². The zero-order chi connectivity index (χ0) is 10.2. The van der Waals surface area contributed by atoms with E-state index in [1.54, 1.807) is 6.92 Å². The molecule has 0 bridgehead atoms. The molecular formula is C8H17NO4. The molecule has 0 aliphatic heterocycles. The fourth-order valence-electron chi connectivity index (χ4n) is 1.84. The van der Waals surface area contributed by atoms with Crippen molar-refractivity contribution in [2.45, 2.75) is 37.3 Å². The second kappa shape index (κ2) is 3.51. The summed E-state index contributed by atoms with van der Waals surface area (Å²) in [6.45, 7) is 1.57. The molecule has 5 heteroatoms. The molecule has 0 radical (unpaired) electrons. The molecule has 5 nitrogen and oxygen atoms in total. The highest BCUT2D eigenvalue weighted by atomic mass is 16.4. The van der Waals surface area contributed by atoms with Crippen molar-refractivity contribution >= 4 is 0 Å². The molecule has 0 spiro atoms. The Balaban J connectivity index is 2.82. The number of hydrogen-bond acceptors (Lipinski definition) is 5. The fourth-order valence-corrected chi connectivity index (χ4v) is 1.84. The van der Waals surface area contributed by atoms with Gasteiger partial charge in [0.15, 0.2) is 0 Å². The van der Waals surface area contributed by atoms with Crippen molar-refractivity contribution in [3.63, 3.8) is 0 Å². The summed E-state index contributed by atoms with van der Waals surface area (Å²) in [5.41, 5.74) is 3.82. The van der Waals surface area contributed by atoms with Crippen LogP contribution >= 0.6 is 0 Å². The highest BCUT2D eigenvalue weighted by Gasteiger charge is 2.49. The highest BCUT2D eigenvalue weighted by molar-refractivity contribution is 5.01. The second-order valence-electron chi connectivity index (χ2n) is 3.92. The Bertz CT molecular complexity index is 189. The predicted octanol–water partition coefficient (Wildman–Crippen LogP) is -2.20. The average molecular weight is 191 g/mol. The average Bonchev–Trinajstić information content (AvgIpc) is 2.12. The molecule has 5 unspecified atom stereocenters. The predicted molar refractivity (Wildman–Crippen MR) is 45.8 cm³/mol. The minimum atomic E-state index is -1.47. The van der Waals surface area contributed by atoms with E-state index in [9.17, 15) is 20.4 Å². The minimum absolute atomic E-state index is 0.123. The summed E-state index contributed by atoms with van der Waals surface area (Å²) in [5.74, 6) is -0.271. The lowest BCUT2D eigenvalue weighted by Crippen LogP contribution is -2.63. The van der Waals surface area contributed by atoms with E-state index in [1.165, 1.54) is 0 Å². The van der Waals surface area contributed by atoms with Crippen molar-refractivity contribution in [1.82, 2.24) is 0 Å². The molecule has 1 saturated carbocycles. The quantitative estimate of drug-likeness (QED) is 0.323. The van der Waals surface area contributed by atoms with Gasteiger partial charge < -0.3 is 26.2 Å². The zero-order valence-electron chi connectivity index (χ0n) is 7.59. The molecular weight excluding hydrogens is 174 g/mol. The van der Waals surface area contributed by atoms with Crippen molar-refractivity contribution < 1.29 is 20.4 Å². The van der Waals surface area contributed by atoms with Gasteiger partial charge in [0, 0.05) is 6.54 Å². The Hall–Kier alpha value is -0.200. The van der Waals surface area contributed by atoms with Crippen LogP contribution < -0.4 is 5.73 Å². The maximum absolute atomic E-state index is 9.76. The molecule has 0 amide bonds. The van der Waals surface area contributed by atoms with Crippen LogP contribution in [0, 0.1) is 5.92 Å². The van der Waals surface area contributed by atoms with E-state index in [0.29, 0.717) is 0 Å². The van der Waals surface area contributed by atoms with Gasteiger partial charge in [-0.2, -0.15) is 0 Å². The van der Waals surface area contributed by atoms with Crippen molar-refractivity contribution in [3.05, 3.63) is 0 Å². The second-order valence-corrected chi connectivity index (χ2v) is 3.92. The van der Waals surface area contributed by atoms with Gasteiger partial charge in [-0.3, -0.25) is 0 Å². The monoisotopic (exact) mass is 191 g/mol. The summed E-state index contributed by atoms with van der Waals surface area (Å²) in [7, 11) is 0. The lowest BCUT2D eigenvalue weighted by Gasteiger charge is -2.44. The summed E-state index contributed by atoms with van der Waals surface area (Å²) < 4.78 is 0. The van der Waals surface area contributed by atoms with Gasteiger partial charge in [-0.15, -0.1) is 0 Å². The number of hydrogen-bond donors (Lipinski definition) is 5. The first-order chi connectivity index (χ1) is 5.92. The molecule has 0 heterocycles. The smallest absolute Gasteiger partial charge is 0.112 e. The van der Waals surface area contributed by atoms with Gasteiger partial charge in [-0.05, 0) is 12.3 Å². The normalized spacial score (nSPS) is 52.2. The molecule has 0 aromatic heterocycles. The molecule has 78 valence electrons. The van der Waals surface area contributed by atoms with Gasteiger partial charge in [0.25, 0.3) is 0 Å². The zero-order valence-corrected chi connectivity index (χ0v) is 7.59. The molecule has 0 aromatic carbocycles. The van der Waals surface area contributed by atoms with Gasteiger partial charge in [0.05, 0.1) is 6.10 Å². The van der Waals surface area contributed by atoms with Crippen LogP contribution in [-0.2, 0) is 0 Å². The largest absolute Gasteiger partial charge is 0.390 e. The van der Waals surface area contributed by atoms with Crippen LogP contribution in [0.2, 0.25) is 0 Å². The number of aliphatic hydroxyl groups is 4. The van der Waals surface area contributed by atoms with Crippen LogP contribution in [0.3, 0.4) is 0 Å². The Morgan fingerprint density at radius 3 is 2.31 bits per heavy atom. The minimum Gasteiger partial charge on any atom is -0.390 e. The summed E-state index contributed by atoms with van der Waals surface area (Å²) in [4.78, 5) is 0. The van der Waals surface area contributed by atoms with Crippen molar-refractivity contribution in [2.24, 2.45) is 11.7 Å². The van der Waals surface area contributed by atoms with E-state index in [1.807, 2.05) is 0 Å². The third kappa shape index (κ3) is 1.70. The molecule has 13 heavy (non-hydrogen) atoms. The molecule has 1 rings (SSSR count). The van der Waals surface area contributed by atoms with Crippen LogP contribution in [0.1, 0.15) is 13.3 Å². The SMILES string of the molecule is CC1CC(O)(CN)C(O)C(O)C1O. The van der Waals surface area contributed by atoms with E-state index in [0.717, 1.165) is 0 Å². The van der Waals surface area contributed by atoms with E-state index in [2.05, 4.69) is 0 Å². The third-order valence-corrected chi connectivity index (χ3v) is 2.84. The first-order valence-corrected chi connectivity index (χ1v) is 4.39. The Morgan fingerprint density at radius 2 is 1.85 bits per heavy atom. The highest BCUT2D eigenvalue weighted by Crippen LogP contribution is 2.32. The van der Waals surface area contributed by atoms with Gasteiger partial charge in [-0.1, -0.05) is 6.92 Å². The van der Waals surface area contributed by atoms with Gasteiger partial charge in [0.2, 0.25) is 0 Å². The number of rotatable bonds is 1. The maximum atomic E-state index is 9.76. The summed E-state index contributed by atoms with van der Waals surface area (Å²) >= 11 is 0. The van der Waals surface area contributed by atoms with E-state index >= 15 is 0 Å². The molecule has 6 N–H and O–H groups in total. The van der Waals surface area contributed by atoms with Crippen molar-refractivity contribution in [3.8, 4) is 0 Å². The summed E-state index contributed by atoms with van der Waals surface area (Å²) in [6.07, 6.45) is -3.49. The van der Waals surface area contributed by atoms with Crippen LogP contribution in [0.5, 0.6) is 0 Å². The molecule has 0 saturated heterocycles. The molecule has 0 aromatic rings. The van der Waals surface area contributed by atoms with Crippen molar-refractivity contribution in [1.29, 1.82) is 0 Å². The lowest BCUT2D eigenvalue weighted by atomic mass is 9.73. The molecule has 5 atom stereocenters. The Morgan fingerprint density at radius 1 is 1.31 bits per heavy atom. The first kappa shape index (κ1) is 10.9.